The molecule has 0 amide bonds. The lowest BCUT2D eigenvalue weighted by Crippen LogP contribution is -1.99. The SMILES string of the molecule is CCC(c1ccccc1)c1ccc([N+](=O)[O-])cc1. The third-order valence-corrected chi connectivity index (χ3v) is 3.12. The second kappa shape index (κ2) is 5.45. The van der Waals surface area contributed by atoms with E-state index in [4.69, 9.17) is 0 Å². The molecular formula is C15H15NO2. The summed E-state index contributed by atoms with van der Waals surface area (Å²) in [5.74, 6) is 0.298. The van der Waals surface area contributed by atoms with Gasteiger partial charge in [0.1, 0.15) is 0 Å². The van der Waals surface area contributed by atoms with E-state index in [2.05, 4.69) is 19.1 Å². The first-order valence-electron chi connectivity index (χ1n) is 6.01. The van der Waals surface area contributed by atoms with Crippen molar-refractivity contribution >= 4 is 5.69 Å². The number of non-ortho nitro benzene ring substituents is 1. The highest BCUT2D eigenvalue weighted by Gasteiger charge is 2.13. The first-order chi connectivity index (χ1) is 8.72. The number of hydrogen-bond acceptors (Lipinski definition) is 2. The smallest absolute Gasteiger partial charge is 0.258 e. The number of nitro groups is 1. The van der Waals surface area contributed by atoms with Crippen LogP contribution in [0.1, 0.15) is 30.4 Å². The van der Waals surface area contributed by atoms with E-state index < -0.39 is 0 Å². The Labute approximate surface area is 106 Å². The first-order valence-corrected chi connectivity index (χ1v) is 6.01. The van der Waals surface area contributed by atoms with Crippen molar-refractivity contribution in [3.8, 4) is 0 Å². The first kappa shape index (κ1) is 12.3. The molecule has 0 radical (unpaired) electrons. The molecule has 0 aromatic heterocycles. The van der Waals surface area contributed by atoms with Gasteiger partial charge in [0.05, 0.1) is 4.92 Å². The average Bonchev–Trinajstić information content (AvgIpc) is 2.41. The molecule has 92 valence electrons. The van der Waals surface area contributed by atoms with Gasteiger partial charge in [0, 0.05) is 18.1 Å². The van der Waals surface area contributed by atoms with Crippen molar-refractivity contribution in [2.45, 2.75) is 19.3 Å². The second-order valence-corrected chi connectivity index (χ2v) is 4.22. The minimum Gasteiger partial charge on any atom is -0.258 e. The summed E-state index contributed by atoms with van der Waals surface area (Å²) in [7, 11) is 0. The predicted octanol–water partition coefficient (Wildman–Crippen LogP) is 4.14. The molecule has 0 bridgehead atoms. The second-order valence-electron chi connectivity index (χ2n) is 4.22. The molecule has 3 heteroatoms. The van der Waals surface area contributed by atoms with Crippen molar-refractivity contribution in [1.82, 2.24) is 0 Å². The number of nitro benzene ring substituents is 1. The van der Waals surface area contributed by atoms with Crippen LogP contribution in [0.5, 0.6) is 0 Å². The van der Waals surface area contributed by atoms with Crippen molar-refractivity contribution in [2.75, 3.05) is 0 Å². The van der Waals surface area contributed by atoms with Crippen LogP contribution in [0.2, 0.25) is 0 Å². The van der Waals surface area contributed by atoms with Crippen LogP contribution >= 0.6 is 0 Å². The van der Waals surface area contributed by atoms with Crippen LogP contribution in [0.3, 0.4) is 0 Å². The lowest BCUT2D eigenvalue weighted by atomic mass is 9.89. The fraction of sp³-hybridized carbons (Fsp3) is 0.200. The van der Waals surface area contributed by atoms with E-state index in [1.54, 1.807) is 12.1 Å². The molecule has 18 heavy (non-hydrogen) atoms. The molecule has 0 saturated heterocycles. The molecule has 2 aromatic rings. The van der Waals surface area contributed by atoms with Gasteiger partial charge in [0.15, 0.2) is 0 Å². The van der Waals surface area contributed by atoms with Gasteiger partial charge in [-0.2, -0.15) is 0 Å². The minimum atomic E-state index is -0.368. The molecule has 3 nitrogen and oxygen atoms in total. The largest absolute Gasteiger partial charge is 0.269 e. The minimum absolute atomic E-state index is 0.140. The molecule has 0 fully saturated rings. The Balaban J connectivity index is 2.31. The Bertz CT molecular complexity index is 520. The van der Waals surface area contributed by atoms with E-state index in [-0.39, 0.29) is 10.6 Å². The van der Waals surface area contributed by atoms with Gasteiger partial charge in [0.25, 0.3) is 5.69 Å². The molecule has 2 rings (SSSR count). The van der Waals surface area contributed by atoms with E-state index in [9.17, 15) is 10.1 Å². The van der Waals surface area contributed by atoms with Crippen LogP contribution in [0.25, 0.3) is 0 Å². The standard InChI is InChI=1S/C15H15NO2/c1-2-15(12-6-4-3-5-7-12)13-8-10-14(11-9-13)16(17)18/h3-11,15H,2H2,1H3. The molecule has 0 aliphatic carbocycles. The summed E-state index contributed by atoms with van der Waals surface area (Å²) >= 11 is 0. The van der Waals surface area contributed by atoms with E-state index in [0.29, 0.717) is 5.92 Å². The van der Waals surface area contributed by atoms with Gasteiger partial charge in [-0.15, -0.1) is 0 Å². The van der Waals surface area contributed by atoms with Crippen LogP contribution in [0.15, 0.2) is 54.6 Å². The topological polar surface area (TPSA) is 43.1 Å². The van der Waals surface area contributed by atoms with Crippen molar-refractivity contribution in [3.05, 3.63) is 75.8 Å². The fourth-order valence-corrected chi connectivity index (χ4v) is 2.18. The summed E-state index contributed by atoms with van der Waals surface area (Å²) < 4.78 is 0. The maximum absolute atomic E-state index is 10.6. The fourth-order valence-electron chi connectivity index (χ4n) is 2.18. The lowest BCUT2D eigenvalue weighted by molar-refractivity contribution is -0.384. The van der Waals surface area contributed by atoms with Crippen LogP contribution in [0, 0.1) is 10.1 Å². The van der Waals surface area contributed by atoms with Crippen LogP contribution in [-0.2, 0) is 0 Å². The van der Waals surface area contributed by atoms with Gasteiger partial charge in [-0.1, -0.05) is 49.4 Å². The molecule has 0 aliphatic heterocycles. The molecule has 0 spiro atoms. The summed E-state index contributed by atoms with van der Waals surface area (Å²) in [5.41, 5.74) is 2.50. The Kier molecular flexibility index (Phi) is 3.72. The molecule has 1 atom stereocenters. The van der Waals surface area contributed by atoms with Crippen LogP contribution in [-0.4, -0.2) is 4.92 Å². The quantitative estimate of drug-likeness (QED) is 0.596. The van der Waals surface area contributed by atoms with Crippen molar-refractivity contribution in [1.29, 1.82) is 0 Å². The highest BCUT2D eigenvalue weighted by molar-refractivity contribution is 5.38. The van der Waals surface area contributed by atoms with Gasteiger partial charge < -0.3 is 0 Å². The predicted molar refractivity (Wildman–Crippen MR) is 71.7 cm³/mol. The zero-order chi connectivity index (χ0) is 13.0. The number of hydrogen-bond donors (Lipinski definition) is 0. The van der Waals surface area contributed by atoms with E-state index in [0.717, 1.165) is 12.0 Å². The third kappa shape index (κ3) is 2.56. The summed E-state index contributed by atoms with van der Waals surface area (Å²) in [5, 5.41) is 10.6. The van der Waals surface area contributed by atoms with Gasteiger partial charge in [-0.05, 0) is 17.5 Å². The monoisotopic (exact) mass is 241 g/mol. The Morgan fingerprint density at radius 1 is 1.00 bits per heavy atom. The maximum Gasteiger partial charge on any atom is 0.269 e. The summed E-state index contributed by atoms with van der Waals surface area (Å²) in [6.45, 7) is 2.12. The molecule has 2 aromatic carbocycles. The van der Waals surface area contributed by atoms with Gasteiger partial charge in [-0.25, -0.2) is 0 Å². The molecule has 0 aliphatic rings. The molecule has 1 unspecified atom stereocenters. The van der Waals surface area contributed by atoms with E-state index in [1.165, 1.54) is 5.56 Å². The highest BCUT2D eigenvalue weighted by Crippen LogP contribution is 2.28. The summed E-state index contributed by atoms with van der Waals surface area (Å²) in [6.07, 6.45) is 0.974. The number of benzene rings is 2. The normalized spacial score (nSPS) is 12.1. The van der Waals surface area contributed by atoms with Gasteiger partial charge >= 0.3 is 0 Å². The van der Waals surface area contributed by atoms with Crippen LogP contribution in [0.4, 0.5) is 5.69 Å². The third-order valence-electron chi connectivity index (χ3n) is 3.12. The van der Waals surface area contributed by atoms with Crippen molar-refractivity contribution < 1.29 is 4.92 Å². The Morgan fingerprint density at radius 2 is 1.56 bits per heavy atom. The van der Waals surface area contributed by atoms with Crippen molar-refractivity contribution in [2.24, 2.45) is 0 Å². The zero-order valence-electron chi connectivity index (χ0n) is 10.2. The van der Waals surface area contributed by atoms with E-state index >= 15 is 0 Å². The molecule has 0 N–H and O–H groups in total. The highest BCUT2D eigenvalue weighted by atomic mass is 16.6. The Morgan fingerprint density at radius 3 is 2.06 bits per heavy atom. The van der Waals surface area contributed by atoms with E-state index in [1.807, 2.05) is 30.3 Å². The average molecular weight is 241 g/mol. The lowest BCUT2D eigenvalue weighted by Gasteiger charge is -2.15. The number of nitrogens with zero attached hydrogens (tertiary/aromatic N) is 1. The number of rotatable bonds is 4. The zero-order valence-corrected chi connectivity index (χ0v) is 10.2. The molecule has 0 heterocycles. The Hall–Kier alpha value is -2.16. The van der Waals surface area contributed by atoms with Crippen LogP contribution < -0.4 is 0 Å². The molecular weight excluding hydrogens is 226 g/mol. The van der Waals surface area contributed by atoms with Crippen molar-refractivity contribution in [3.63, 3.8) is 0 Å². The maximum atomic E-state index is 10.6. The molecule has 0 saturated carbocycles. The van der Waals surface area contributed by atoms with Gasteiger partial charge in [-0.3, -0.25) is 10.1 Å². The van der Waals surface area contributed by atoms with Gasteiger partial charge in [0.2, 0.25) is 0 Å². The summed E-state index contributed by atoms with van der Waals surface area (Å²) in [6, 6.07) is 17.0. The summed E-state index contributed by atoms with van der Waals surface area (Å²) in [4.78, 5) is 10.3.